The van der Waals surface area contributed by atoms with Crippen molar-refractivity contribution in [2.45, 2.75) is 31.1 Å². The average Bonchev–Trinajstić information content (AvgIpc) is 2.44. The lowest BCUT2D eigenvalue weighted by Gasteiger charge is -2.31. The van der Waals surface area contributed by atoms with Crippen molar-refractivity contribution in [2.75, 3.05) is 18.8 Å². The van der Waals surface area contributed by atoms with E-state index in [4.69, 9.17) is 28.9 Å². The van der Waals surface area contributed by atoms with E-state index in [0.717, 1.165) is 19.3 Å². The number of anilines is 1. The number of halogens is 2. The number of nitrogen functional groups attached to an aromatic ring is 1. The fourth-order valence-corrected chi connectivity index (χ4v) is 4.65. The van der Waals surface area contributed by atoms with Gasteiger partial charge in [0.05, 0.1) is 15.7 Å². The van der Waals surface area contributed by atoms with Crippen LogP contribution in [0.3, 0.4) is 0 Å². The van der Waals surface area contributed by atoms with Gasteiger partial charge in [0.15, 0.2) is 0 Å². The van der Waals surface area contributed by atoms with Crippen LogP contribution in [0.5, 0.6) is 0 Å². The Bertz CT molecular complexity index is 597. The summed E-state index contributed by atoms with van der Waals surface area (Å²) in [6.45, 7) is 3.19. The summed E-state index contributed by atoms with van der Waals surface area (Å²) in [4.78, 5) is 0.0380. The van der Waals surface area contributed by atoms with Crippen molar-refractivity contribution in [2.24, 2.45) is 5.92 Å². The zero-order valence-corrected chi connectivity index (χ0v) is 13.6. The summed E-state index contributed by atoms with van der Waals surface area (Å²) in [5, 5.41) is 0.272. The van der Waals surface area contributed by atoms with Crippen molar-refractivity contribution >= 4 is 38.9 Å². The lowest BCUT2D eigenvalue weighted by molar-refractivity contribution is 0.269. The van der Waals surface area contributed by atoms with Gasteiger partial charge in [-0.25, -0.2) is 8.42 Å². The number of hydrogen-bond acceptors (Lipinski definition) is 3. The monoisotopic (exact) mass is 336 g/mol. The first-order valence-corrected chi connectivity index (χ1v) is 8.81. The van der Waals surface area contributed by atoms with E-state index < -0.39 is 10.0 Å². The maximum absolute atomic E-state index is 12.6. The quantitative estimate of drug-likeness (QED) is 0.860. The first kappa shape index (κ1) is 15.9. The second-order valence-electron chi connectivity index (χ2n) is 5.03. The maximum Gasteiger partial charge on any atom is 0.244 e. The Labute approximate surface area is 129 Å². The summed E-state index contributed by atoms with van der Waals surface area (Å²) < 4.78 is 26.7. The molecule has 0 saturated carbocycles. The SMILES string of the molecule is CCC1CCN(S(=O)(=O)c2ccc(Cl)c(N)c2Cl)CC1. The molecule has 4 nitrogen and oxygen atoms in total. The number of nitrogens with zero attached hydrogens (tertiary/aromatic N) is 1. The second-order valence-corrected chi connectivity index (χ2v) is 7.72. The molecule has 112 valence electrons. The molecule has 0 radical (unpaired) electrons. The minimum atomic E-state index is -3.60. The average molecular weight is 337 g/mol. The van der Waals surface area contributed by atoms with Gasteiger partial charge in [-0.2, -0.15) is 4.31 Å². The van der Waals surface area contributed by atoms with Gasteiger partial charge < -0.3 is 5.73 Å². The van der Waals surface area contributed by atoms with E-state index in [0.29, 0.717) is 19.0 Å². The van der Waals surface area contributed by atoms with Crippen LogP contribution in [0.1, 0.15) is 26.2 Å². The van der Waals surface area contributed by atoms with E-state index in [-0.39, 0.29) is 20.6 Å². The Balaban J connectivity index is 2.30. The molecule has 1 aliphatic rings. The minimum Gasteiger partial charge on any atom is -0.396 e. The summed E-state index contributed by atoms with van der Waals surface area (Å²) in [5.74, 6) is 0.604. The number of sulfonamides is 1. The predicted molar refractivity (Wildman–Crippen MR) is 82.6 cm³/mol. The first-order valence-electron chi connectivity index (χ1n) is 6.61. The van der Waals surface area contributed by atoms with Crippen LogP contribution in [0, 0.1) is 5.92 Å². The molecular formula is C13H18Cl2N2O2S. The van der Waals surface area contributed by atoms with Gasteiger partial charge in [0.2, 0.25) is 10.0 Å². The highest BCUT2D eigenvalue weighted by molar-refractivity contribution is 7.89. The molecule has 0 amide bonds. The van der Waals surface area contributed by atoms with Gasteiger partial charge in [-0.3, -0.25) is 0 Å². The highest BCUT2D eigenvalue weighted by atomic mass is 35.5. The van der Waals surface area contributed by atoms with E-state index in [9.17, 15) is 8.42 Å². The van der Waals surface area contributed by atoms with Gasteiger partial charge in [0.1, 0.15) is 4.90 Å². The van der Waals surface area contributed by atoms with Gasteiger partial charge in [0, 0.05) is 13.1 Å². The normalized spacial score (nSPS) is 18.4. The van der Waals surface area contributed by atoms with E-state index >= 15 is 0 Å². The molecule has 0 bridgehead atoms. The second kappa shape index (κ2) is 6.10. The van der Waals surface area contributed by atoms with Crippen LogP contribution in [0.2, 0.25) is 10.0 Å². The predicted octanol–water partition coefficient (Wildman–Crippen LogP) is 3.39. The van der Waals surface area contributed by atoms with Crippen LogP contribution in [-0.4, -0.2) is 25.8 Å². The third-order valence-corrected chi connectivity index (χ3v) is 6.65. The zero-order valence-electron chi connectivity index (χ0n) is 11.3. The Kier molecular flexibility index (Phi) is 4.84. The summed E-state index contributed by atoms with van der Waals surface area (Å²) in [6.07, 6.45) is 2.86. The molecule has 1 heterocycles. The van der Waals surface area contributed by atoms with Crippen molar-refractivity contribution in [1.29, 1.82) is 0 Å². The van der Waals surface area contributed by atoms with E-state index in [2.05, 4.69) is 6.92 Å². The molecule has 20 heavy (non-hydrogen) atoms. The molecule has 0 spiro atoms. The van der Waals surface area contributed by atoms with Crippen LogP contribution >= 0.6 is 23.2 Å². The zero-order chi connectivity index (χ0) is 14.9. The van der Waals surface area contributed by atoms with E-state index in [1.165, 1.54) is 16.4 Å². The lowest BCUT2D eigenvalue weighted by Crippen LogP contribution is -2.38. The molecule has 1 saturated heterocycles. The molecule has 2 N–H and O–H groups in total. The molecule has 0 aromatic heterocycles. The fourth-order valence-electron chi connectivity index (χ4n) is 2.45. The largest absolute Gasteiger partial charge is 0.396 e. The number of rotatable bonds is 3. The molecule has 2 rings (SSSR count). The topological polar surface area (TPSA) is 63.4 Å². The minimum absolute atomic E-state index is 0.00937. The molecule has 0 aliphatic carbocycles. The van der Waals surface area contributed by atoms with Crippen LogP contribution in [-0.2, 0) is 10.0 Å². The molecule has 0 atom stereocenters. The van der Waals surface area contributed by atoms with Crippen molar-refractivity contribution in [1.82, 2.24) is 4.31 Å². The maximum atomic E-state index is 12.6. The molecule has 0 unspecified atom stereocenters. The highest BCUT2D eigenvalue weighted by Crippen LogP contribution is 2.35. The van der Waals surface area contributed by atoms with Crippen molar-refractivity contribution < 1.29 is 8.42 Å². The van der Waals surface area contributed by atoms with Crippen molar-refractivity contribution in [3.63, 3.8) is 0 Å². The van der Waals surface area contributed by atoms with E-state index in [1.807, 2.05) is 0 Å². The van der Waals surface area contributed by atoms with Gasteiger partial charge in [-0.1, -0.05) is 36.5 Å². The first-order chi connectivity index (χ1) is 9.37. The van der Waals surface area contributed by atoms with Gasteiger partial charge in [0.25, 0.3) is 0 Å². The summed E-state index contributed by atoms with van der Waals surface area (Å²) in [7, 11) is -3.60. The van der Waals surface area contributed by atoms with Crippen molar-refractivity contribution in [3.05, 3.63) is 22.2 Å². The van der Waals surface area contributed by atoms with Crippen LogP contribution in [0.15, 0.2) is 17.0 Å². The third-order valence-electron chi connectivity index (χ3n) is 3.86. The standard InChI is InChI=1S/C13H18Cl2N2O2S/c1-2-9-5-7-17(8-6-9)20(18,19)11-4-3-10(14)13(16)12(11)15/h3-4,9H,2,5-8,16H2,1H3. The Morgan fingerprint density at radius 1 is 1.30 bits per heavy atom. The number of nitrogens with two attached hydrogens (primary N) is 1. The Hall–Kier alpha value is -0.490. The van der Waals surface area contributed by atoms with Gasteiger partial charge in [-0.05, 0) is 30.9 Å². The van der Waals surface area contributed by atoms with Gasteiger partial charge >= 0.3 is 0 Å². The number of hydrogen-bond donors (Lipinski definition) is 1. The summed E-state index contributed by atoms with van der Waals surface area (Å²) in [6, 6.07) is 2.89. The number of benzene rings is 1. The molecule has 1 aromatic rings. The molecule has 1 aliphatic heterocycles. The third kappa shape index (κ3) is 2.91. The summed E-state index contributed by atoms with van der Waals surface area (Å²) in [5.41, 5.74) is 5.81. The van der Waals surface area contributed by atoms with E-state index in [1.54, 1.807) is 0 Å². The molecule has 7 heteroatoms. The van der Waals surface area contributed by atoms with Crippen LogP contribution in [0.4, 0.5) is 5.69 Å². The fraction of sp³-hybridized carbons (Fsp3) is 0.538. The van der Waals surface area contributed by atoms with Crippen molar-refractivity contribution in [3.8, 4) is 0 Å². The van der Waals surface area contributed by atoms with Gasteiger partial charge in [-0.15, -0.1) is 0 Å². The number of piperidine rings is 1. The molecular weight excluding hydrogens is 319 g/mol. The molecule has 1 aromatic carbocycles. The Morgan fingerprint density at radius 2 is 1.90 bits per heavy atom. The smallest absolute Gasteiger partial charge is 0.244 e. The van der Waals surface area contributed by atoms with Crippen LogP contribution in [0.25, 0.3) is 0 Å². The highest BCUT2D eigenvalue weighted by Gasteiger charge is 2.31. The van der Waals surface area contributed by atoms with Crippen LogP contribution < -0.4 is 5.73 Å². The Morgan fingerprint density at radius 3 is 2.45 bits per heavy atom. The lowest BCUT2D eigenvalue weighted by atomic mass is 9.96. The molecule has 1 fully saturated rings. The summed E-state index contributed by atoms with van der Waals surface area (Å²) >= 11 is 11.9.